The van der Waals surface area contributed by atoms with Crippen LogP contribution in [0.25, 0.3) is 11.0 Å². The Morgan fingerprint density at radius 3 is 2.25 bits per heavy atom. The molecule has 1 heterocycles. The Balaban J connectivity index is 1.96. The van der Waals surface area contributed by atoms with E-state index < -0.39 is 10.0 Å². The molecular formula is C19H20ClN3O4S. The van der Waals surface area contributed by atoms with Crippen molar-refractivity contribution in [3.05, 3.63) is 63.5 Å². The van der Waals surface area contributed by atoms with Gasteiger partial charge in [0.05, 0.1) is 22.5 Å². The molecule has 0 saturated heterocycles. The number of carbonyl (C=O) groups is 1. The molecule has 28 heavy (non-hydrogen) atoms. The Bertz CT molecular complexity index is 1210. The summed E-state index contributed by atoms with van der Waals surface area (Å²) < 4.78 is 30.1. The average molecular weight is 422 g/mol. The Kier molecular flexibility index (Phi) is 5.47. The summed E-state index contributed by atoms with van der Waals surface area (Å²) in [7, 11) is -0.699. The van der Waals surface area contributed by atoms with Gasteiger partial charge in [-0.05, 0) is 42.5 Å². The molecule has 0 amide bonds. The van der Waals surface area contributed by atoms with Crippen LogP contribution in [0.4, 0.5) is 0 Å². The first-order chi connectivity index (χ1) is 13.2. The number of rotatable bonds is 6. The maximum Gasteiger partial charge on any atom is 0.328 e. The van der Waals surface area contributed by atoms with Gasteiger partial charge in [-0.2, -0.15) is 4.31 Å². The number of carbonyl (C=O) groups excluding carboxylic acids is 1. The number of nitrogens with zero attached hydrogens (tertiary/aromatic N) is 3. The first-order valence-electron chi connectivity index (χ1n) is 8.61. The van der Waals surface area contributed by atoms with E-state index in [1.807, 2.05) is 0 Å². The third-order valence-electron chi connectivity index (χ3n) is 4.72. The highest BCUT2D eigenvalue weighted by atomic mass is 35.5. The standard InChI is InChI=1S/C19H20ClN3O4S/c1-4-23(12-18(24)13-5-7-14(20)8-6-13)28(26,27)15-9-10-16-17(11-15)22(3)19(25)21(16)2/h5-11H,4,12H2,1-3H3. The van der Waals surface area contributed by atoms with E-state index in [2.05, 4.69) is 0 Å². The van der Waals surface area contributed by atoms with Crippen LogP contribution in [0.2, 0.25) is 5.02 Å². The predicted octanol–water partition coefficient (Wildman–Crippen LogP) is 2.42. The maximum atomic E-state index is 13.1. The molecule has 0 unspecified atom stereocenters. The Hall–Kier alpha value is -2.42. The van der Waals surface area contributed by atoms with Gasteiger partial charge in [0.15, 0.2) is 5.78 Å². The highest BCUT2D eigenvalue weighted by molar-refractivity contribution is 7.89. The van der Waals surface area contributed by atoms with Crippen LogP contribution < -0.4 is 5.69 Å². The third-order valence-corrected chi connectivity index (χ3v) is 6.89. The fourth-order valence-corrected chi connectivity index (χ4v) is 4.60. The summed E-state index contributed by atoms with van der Waals surface area (Å²) in [5.74, 6) is -0.324. The van der Waals surface area contributed by atoms with Crippen molar-refractivity contribution in [3.8, 4) is 0 Å². The molecule has 7 nitrogen and oxygen atoms in total. The number of benzene rings is 2. The van der Waals surface area contributed by atoms with E-state index in [4.69, 9.17) is 11.6 Å². The topological polar surface area (TPSA) is 81.4 Å². The molecule has 3 aromatic rings. The van der Waals surface area contributed by atoms with E-state index in [0.29, 0.717) is 21.6 Å². The van der Waals surface area contributed by atoms with Gasteiger partial charge in [-0.1, -0.05) is 18.5 Å². The van der Waals surface area contributed by atoms with Crippen LogP contribution in [0, 0.1) is 0 Å². The van der Waals surface area contributed by atoms with Gasteiger partial charge in [0, 0.05) is 31.2 Å². The molecule has 3 rings (SSSR count). The van der Waals surface area contributed by atoms with Crippen LogP contribution in [0.3, 0.4) is 0 Å². The van der Waals surface area contributed by atoms with E-state index in [1.165, 1.54) is 21.3 Å². The fraction of sp³-hybridized carbons (Fsp3) is 0.263. The SMILES string of the molecule is CCN(CC(=O)c1ccc(Cl)cc1)S(=O)(=O)c1ccc2c(c1)n(C)c(=O)n2C. The smallest absolute Gasteiger partial charge is 0.295 e. The van der Waals surface area contributed by atoms with Gasteiger partial charge in [-0.15, -0.1) is 0 Å². The van der Waals surface area contributed by atoms with Gasteiger partial charge in [-0.3, -0.25) is 13.9 Å². The summed E-state index contributed by atoms with van der Waals surface area (Å²) in [6.07, 6.45) is 0. The highest BCUT2D eigenvalue weighted by Crippen LogP contribution is 2.21. The minimum absolute atomic E-state index is 0.0342. The normalized spacial score (nSPS) is 12.0. The molecule has 0 atom stereocenters. The number of ketones is 1. The summed E-state index contributed by atoms with van der Waals surface area (Å²) >= 11 is 5.83. The van der Waals surface area contributed by atoms with E-state index in [1.54, 1.807) is 51.4 Å². The van der Waals surface area contributed by atoms with Gasteiger partial charge >= 0.3 is 5.69 Å². The number of likely N-dealkylation sites (N-methyl/N-ethyl adjacent to an activating group) is 1. The van der Waals surface area contributed by atoms with Crippen LogP contribution in [0.1, 0.15) is 17.3 Å². The Morgan fingerprint density at radius 1 is 1.04 bits per heavy atom. The summed E-state index contributed by atoms with van der Waals surface area (Å²) in [6, 6.07) is 10.8. The first-order valence-corrected chi connectivity index (χ1v) is 10.4. The zero-order chi connectivity index (χ0) is 20.6. The van der Waals surface area contributed by atoms with Crippen LogP contribution >= 0.6 is 11.6 Å². The quantitative estimate of drug-likeness (QED) is 0.572. The number of aromatic nitrogens is 2. The summed E-state index contributed by atoms with van der Waals surface area (Å²) in [4.78, 5) is 24.6. The molecule has 2 aromatic carbocycles. The number of hydrogen-bond acceptors (Lipinski definition) is 4. The molecule has 0 bridgehead atoms. The number of sulfonamides is 1. The zero-order valence-electron chi connectivity index (χ0n) is 15.7. The number of halogens is 1. The largest absolute Gasteiger partial charge is 0.328 e. The van der Waals surface area contributed by atoms with Crippen molar-refractivity contribution in [2.45, 2.75) is 11.8 Å². The monoisotopic (exact) mass is 421 g/mol. The van der Waals surface area contributed by atoms with Gasteiger partial charge in [0.25, 0.3) is 0 Å². The van der Waals surface area contributed by atoms with Gasteiger partial charge < -0.3 is 0 Å². The van der Waals surface area contributed by atoms with Crippen molar-refractivity contribution in [1.29, 1.82) is 0 Å². The second-order valence-electron chi connectivity index (χ2n) is 6.41. The number of aryl methyl sites for hydroxylation is 2. The van der Waals surface area contributed by atoms with Crippen molar-refractivity contribution in [2.75, 3.05) is 13.1 Å². The molecular weight excluding hydrogens is 402 g/mol. The first kappa shape index (κ1) is 20.3. The number of hydrogen-bond donors (Lipinski definition) is 0. The van der Waals surface area contributed by atoms with Crippen molar-refractivity contribution < 1.29 is 13.2 Å². The lowest BCUT2D eigenvalue weighted by molar-refractivity contribution is 0.0967. The predicted molar refractivity (Wildman–Crippen MR) is 108 cm³/mol. The average Bonchev–Trinajstić information content (AvgIpc) is 2.90. The van der Waals surface area contributed by atoms with Gasteiger partial charge in [0.2, 0.25) is 10.0 Å². The minimum Gasteiger partial charge on any atom is -0.295 e. The lowest BCUT2D eigenvalue weighted by Crippen LogP contribution is -2.35. The second kappa shape index (κ2) is 7.54. The Morgan fingerprint density at radius 2 is 1.64 bits per heavy atom. The molecule has 1 aromatic heterocycles. The summed E-state index contributed by atoms with van der Waals surface area (Å²) in [6.45, 7) is 1.52. The molecule has 148 valence electrons. The molecule has 0 aliphatic rings. The van der Waals surface area contributed by atoms with Crippen molar-refractivity contribution in [3.63, 3.8) is 0 Å². The molecule has 0 aliphatic heterocycles. The van der Waals surface area contributed by atoms with E-state index in [-0.39, 0.29) is 29.5 Å². The van der Waals surface area contributed by atoms with Gasteiger partial charge in [-0.25, -0.2) is 13.2 Å². The van der Waals surface area contributed by atoms with Crippen molar-refractivity contribution >= 4 is 38.4 Å². The fourth-order valence-electron chi connectivity index (χ4n) is 3.05. The molecule has 0 spiro atoms. The molecule has 0 radical (unpaired) electrons. The van der Waals surface area contributed by atoms with Crippen LogP contribution in [-0.2, 0) is 24.1 Å². The summed E-state index contributed by atoms with van der Waals surface area (Å²) in [5.41, 5.74) is 1.29. The van der Waals surface area contributed by atoms with Gasteiger partial charge in [0.1, 0.15) is 0 Å². The van der Waals surface area contributed by atoms with Crippen LogP contribution in [0.15, 0.2) is 52.2 Å². The van der Waals surface area contributed by atoms with E-state index in [0.717, 1.165) is 4.31 Å². The maximum absolute atomic E-state index is 13.1. The zero-order valence-corrected chi connectivity index (χ0v) is 17.3. The minimum atomic E-state index is -3.91. The van der Waals surface area contributed by atoms with Crippen molar-refractivity contribution in [2.24, 2.45) is 14.1 Å². The van der Waals surface area contributed by atoms with Crippen LogP contribution in [0.5, 0.6) is 0 Å². The molecule has 9 heteroatoms. The summed E-state index contributed by atoms with van der Waals surface area (Å²) in [5, 5.41) is 0.498. The number of Topliss-reactive ketones (excluding diaryl/α,β-unsaturated/α-hetero) is 1. The van der Waals surface area contributed by atoms with E-state index in [9.17, 15) is 18.0 Å². The van der Waals surface area contributed by atoms with Crippen molar-refractivity contribution in [1.82, 2.24) is 13.4 Å². The lowest BCUT2D eigenvalue weighted by Gasteiger charge is -2.20. The molecule has 0 N–H and O–H groups in total. The molecule has 0 saturated carbocycles. The second-order valence-corrected chi connectivity index (χ2v) is 8.79. The Labute approximate surface area is 167 Å². The number of fused-ring (bicyclic) bond motifs is 1. The molecule has 0 fully saturated rings. The van der Waals surface area contributed by atoms with Crippen LogP contribution in [-0.4, -0.2) is 40.7 Å². The third kappa shape index (κ3) is 3.50. The lowest BCUT2D eigenvalue weighted by atomic mass is 10.1. The number of imidazole rings is 1. The molecule has 0 aliphatic carbocycles. The highest BCUT2D eigenvalue weighted by Gasteiger charge is 2.26. The van der Waals surface area contributed by atoms with E-state index >= 15 is 0 Å².